The van der Waals surface area contributed by atoms with Gasteiger partial charge in [-0.1, -0.05) is 11.8 Å². The minimum atomic E-state index is -0.806. The average molecular weight is 344 g/mol. The normalized spacial score (nSPS) is 12.6. The number of halogens is 1. The van der Waals surface area contributed by atoms with Crippen LogP contribution in [0.1, 0.15) is 0 Å². The van der Waals surface area contributed by atoms with Crippen molar-refractivity contribution < 1.29 is 9.90 Å². The molecule has 2 rings (SSSR count). The van der Waals surface area contributed by atoms with Crippen LogP contribution >= 0.6 is 39.5 Å². The average Bonchev–Trinajstić information content (AvgIpc) is 2.35. The number of carboxylic acid groups (broad SMARTS) is 1. The molecule has 0 fully saturated rings. The lowest BCUT2D eigenvalue weighted by atomic mass is 10.2. The van der Waals surface area contributed by atoms with E-state index in [9.17, 15) is 4.79 Å². The molecule has 94 valence electrons. The summed E-state index contributed by atoms with van der Waals surface area (Å²) in [4.78, 5) is 16.2. The predicted octanol–water partition coefficient (Wildman–Crippen LogP) is 3.86. The largest absolute Gasteiger partial charge is 0.480 e. The molecular weight excluding hydrogens is 334 g/mol. The van der Waals surface area contributed by atoms with E-state index in [-0.39, 0.29) is 0 Å². The fraction of sp³-hybridized carbons (Fsp3) is 0.167. The van der Waals surface area contributed by atoms with Gasteiger partial charge >= 0.3 is 5.97 Å². The van der Waals surface area contributed by atoms with Crippen molar-refractivity contribution in [3.05, 3.63) is 34.9 Å². The number of hydrogen-bond donors (Lipinski definition) is 1. The first kappa shape index (κ1) is 13.7. The Hall–Kier alpha value is -0.720. The summed E-state index contributed by atoms with van der Waals surface area (Å²) < 4.78 is 0.430. The zero-order chi connectivity index (χ0) is 13.1. The standard InChI is InChI=1S/C12H10BrNO2S2/c1-17-12(11(15)16)18-9-2-3-10-7(5-9)4-8(13)6-14-10/h2-6,12H,1H3,(H,15,16). The van der Waals surface area contributed by atoms with E-state index in [1.807, 2.05) is 24.3 Å². The first-order valence-electron chi connectivity index (χ1n) is 5.08. The second-order valence-corrected chi connectivity index (χ2v) is 6.87. The van der Waals surface area contributed by atoms with Gasteiger partial charge in [-0.15, -0.1) is 11.8 Å². The van der Waals surface area contributed by atoms with Gasteiger partial charge in [0.2, 0.25) is 0 Å². The third-order valence-corrected chi connectivity index (χ3v) is 5.15. The fourth-order valence-electron chi connectivity index (χ4n) is 1.48. The van der Waals surface area contributed by atoms with Gasteiger partial charge in [-0.3, -0.25) is 9.78 Å². The van der Waals surface area contributed by atoms with Crippen LogP contribution in [-0.4, -0.2) is 26.9 Å². The highest BCUT2D eigenvalue weighted by atomic mass is 79.9. The number of fused-ring (bicyclic) bond motifs is 1. The number of carbonyl (C=O) groups is 1. The van der Waals surface area contributed by atoms with E-state index in [1.54, 1.807) is 12.5 Å². The van der Waals surface area contributed by atoms with Crippen LogP contribution in [0.2, 0.25) is 0 Å². The third-order valence-electron chi connectivity index (χ3n) is 2.28. The molecule has 1 heterocycles. The molecule has 2 aromatic rings. The third kappa shape index (κ3) is 3.18. The second kappa shape index (κ2) is 5.95. The van der Waals surface area contributed by atoms with E-state index in [2.05, 4.69) is 20.9 Å². The zero-order valence-corrected chi connectivity index (χ0v) is 12.7. The summed E-state index contributed by atoms with van der Waals surface area (Å²) in [6.45, 7) is 0. The van der Waals surface area contributed by atoms with Crippen LogP contribution in [0.4, 0.5) is 0 Å². The summed E-state index contributed by atoms with van der Waals surface area (Å²) in [5.74, 6) is -0.806. The molecule has 0 bridgehead atoms. The molecule has 0 aliphatic rings. The fourth-order valence-corrected chi connectivity index (χ4v) is 3.44. The maximum absolute atomic E-state index is 11.0. The highest BCUT2D eigenvalue weighted by Crippen LogP contribution is 2.31. The molecule has 1 unspecified atom stereocenters. The van der Waals surface area contributed by atoms with Crippen molar-refractivity contribution in [1.82, 2.24) is 4.98 Å². The number of aromatic nitrogens is 1. The molecule has 1 atom stereocenters. The minimum absolute atomic E-state index is 0.484. The molecular formula is C12H10BrNO2S2. The maximum Gasteiger partial charge on any atom is 0.327 e. The molecule has 1 aromatic heterocycles. The molecule has 18 heavy (non-hydrogen) atoms. The van der Waals surface area contributed by atoms with Crippen LogP contribution in [0.5, 0.6) is 0 Å². The summed E-state index contributed by atoms with van der Waals surface area (Å²) in [6, 6.07) is 7.74. The number of carboxylic acids is 1. The topological polar surface area (TPSA) is 50.2 Å². The van der Waals surface area contributed by atoms with Gasteiger partial charge < -0.3 is 5.11 Å². The molecule has 3 nitrogen and oxygen atoms in total. The minimum Gasteiger partial charge on any atom is -0.480 e. The maximum atomic E-state index is 11.0. The number of rotatable bonds is 4. The molecule has 0 aliphatic heterocycles. The van der Waals surface area contributed by atoms with Crippen LogP contribution in [0.15, 0.2) is 39.8 Å². The Morgan fingerprint density at radius 1 is 1.44 bits per heavy atom. The quantitative estimate of drug-likeness (QED) is 0.674. The van der Waals surface area contributed by atoms with Gasteiger partial charge in [0, 0.05) is 21.0 Å². The highest BCUT2D eigenvalue weighted by molar-refractivity contribution is 9.10. The first-order valence-corrected chi connectivity index (χ1v) is 8.04. The van der Waals surface area contributed by atoms with Crippen LogP contribution in [0, 0.1) is 0 Å². The summed E-state index contributed by atoms with van der Waals surface area (Å²) in [6.07, 6.45) is 3.54. The van der Waals surface area contributed by atoms with E-state index in [0.717, 1.165) is 20.3 Å². The van der Waals surface area contributed by atoms with Crippen molar-refractivity contribution >= 4 is 56.3 Å². The van der Waals surface area contributed by atoms with Crippen molar-refractivity contribution in [1.29, 1.82) is 0 Å². The van der Waals surface area contributed by atoms with Gasteiger partial charge in [-0.05, 0) is 46.5 Å². The Bertz CT molecular complexity index is 591. The van der Waals surface area contributed by atoms with Crippen molar-refractivity contribution in [2.45, 2.75) is 9.48 Å². The lowest BCUT2D eigenvalue weighted by Crippen LogP contribution is -2.11. The van der Waals surface area contributed by atoms with Crippen LogP contribution in [0.25, 0.3) is 10.9 Å². The molecule has 6 heteroatoms. The van der Waals surface area contributed by atoms with E-state index in [1.165, 1.54) is 23.5 Å². The van der Waals surface area contributed by atoms with Crippen LogP contribution in [-0.2, 0) is 4.79 Å². The Balaban J connectivity index is 2.31. The van der Waals surface area contributed by atoms with E-state index < -0.39 is 10.6 Å². The van der Waals surface area contributed by atoms with Crippen LogP contribution in [0.3, 0.4) is 0 Å². The Kier molecular flexibility index (Phi) is 4.53. The summed E-state index contributed by atoms with van der Waals surface area (Å²) in [5, 5.41) is 10.0. The number of nitrogens with zero attached hydrogens (tertiary/aromatic N) is 1. The Morgan fingerprint density at radius 3 is 2.89 bits per heavy atom. The van der Waals surface area contributed by atoms with Gasteiger partial charge in [0.1, 0.15) is 0 Å². The molecule has 0 amide bonds. The van der Waals surface area contributed by atoms with Crippen LogP contribution < -0.4 is 0 Å². The van der Waals surface area contributed by atoms with Crippen molar-refractivity contribution in [2.24, 2.45) is 0 Å². The molecule has 0 spiro atoms. The van der Waals surface area contributed by atoms with Crippen molar-refractivity contribution in [2.75, 3.05) is 6.26 Å². The van der Waals surface area contributed by atoms with E-state index in [4.69, 9.17) is 5.11 Å². The molecule has 1 N–H and O–H groups in total. The molecule has 0 saturated carbocycles. The second-order valence-electron chi connectivity index (χ2n) is 3.53. The Labute approximate surface area is 121 Å². The monoisotopic (exact) mass is 343 g/mol. The zero-order valence-electron chi connectivity index (χ0n) is 9.46. The lowest BCUT2D eigenvalue weighted by molar-refractivity contribution is -0.134. The number of thioether (sulfide) groups is 2. The van der Waals surface area contributed by atoms with E-state index in [0.29, 0.717) is 0 Å². The number of aliphatic carboxylic acids is 1. The predicted molar refractivity (Wildman–Crippen MR) is 80.2 cm³/mol. The SMILES string of the molecule is CSC(Sc1ccc2ncc(Br)cc2c1)C(=O)O. The Morgan fingerprint density at radius 2 is 2.22 bits per heavy atom. The van der Waals surface area contributed by atoms with Gasteiger partial charge in [0.25, 0.3) is 0 Å². The molecule has 0 saturated heterocycles. The number of hydrogen-bond acceptors (Lipinski definition) is 4. The highest BCUT2D eigenvalue weighted by Gasteiger charge is 2.17. The molecule has 0 radical (unpaired) electrons. The van der Waals surface area contributed by atoms with Crippen molar-refractivity contribution in [3.63, 3.8) is 0 Å². The lowest BCUT2D eigenvalue weighted by Gasteiger charge is -2.09. The van der Waals surface area contributed by atoms with Gasteiger partial charge in [0.05, 0.1) is 5.52 Å². The smallest absolute Gasteiger partial charge is 0.327 e. The summed E-state index contributed by atoms with van der Waals surface area (Å²) >= 11 is 6.03. The first-order chi connectivity index (χ1) is 8.60. The molecule has 0 aliphatic carbocycles. The van der Waals surface area contributed by atoms with Crippen molar-refractivity contribution in [3.8, 4) is 0 Å². The van der Waals surface area contributed by atoms with Gasteiger partial charge in [0.15, 0.2) is 4.58 Å². The molecule has 1 aromatic carbocycles. The summed E-state index contributed by atoms with van der Waals surface area (Å²) in [7, 11) is 0. The number of pyridine rings is 1. The summed E-state index contributed by atoms with van der Waals surface area (Å²) in [5.41, 5.74) is 0.901. The number of benzene rings is 1. The van der Waals surface area contributed by atoms with Gasteiger partial charge in [-0.2, -0.15) is 0 Å². The van der Waals surface area contributed by atoms with E-state index >= 15 is 0 Å². The van der Waals surface area contributed by atoms with Gasteiger partial charge in [-0.25, -0.2) is 0 Å².